The van der Waals surface area contributed by atoms with Crippen LogP contribution in [0.5, 0.6) is 0 Å². The SMILES string of the molecule is O=C(O)c1ccc(F)cc1-c1ccc(SC(F)F)cc1. The van der Waals surface area contributed by atoms with Crippen molar-refractivity contribution in [3.05, 3.63) is 53.8 Å². The van der Waals surface area contributed by atoms with Gasteiger partial charge in [-0.3, -0.25) is 0 Å². The normalized spacial score (nSPS) is 10.8. The molecule has 0 amide bonds. The van der Waals surface area contributed by atoms with Gasteiger partial charge in [-0.15, -0.1) is 0 Å². The number of carboxylic acids is 1. The van der Waals surface area contributed by atoms with Crippen LogP contribution in [-0.2, 0) is 0 Å². The van der Waals surface area contributed by atoms with Crippen molar-refractivity contribution in [3.8, 4) is 11.1 Å². The number of benzene rings is 2. The lowest BCUT2D eigenvalue weighted by Crippen LogP contribution is -2.00. The summed E-state index contributed by atoms with van der Waals surface area (Å²) in [6.45, 7) is 0. The molecule has 0 bridgehead atoms. The molecule has 1 N–H and O–H groups in total. The number of thioether (sulfide) groups is 1. The summed E-state index contributed by atoms with van der Waals surface area (Å²) in [5.41, 5.74) is 0.632. The topological polar surface area (TPSA) is 37.3 Å². The Hall–Kier alpha value is -1.95. The second kappa shape index (κ2) is 6.00. The van der Waals surface area contributed by atoms with Crippen LogP contribution in [0.4, 0.5) is 13.2 Å². The molecule has 0 radical (unpaired) electrons. The minimum atomic E-state index is -2.52. The van der Waals surface area contributed by atoms with Crippen LogP contribution in [0.2, 0.25) is 0 Å². The fourth-order valence-corrected chi connectivity index (χ4v) is 2.26. The van der Waals surface area contributed by atoms with Crippen molar-refractivity contribution in [2.24, 2.45) is 0 Å². The van der Waals surface area contributed by atoms with Crippen LogP contribution >= 0.6 is 11.8 Å². The molecule has 0 unspecified atom stereocenters. The van der Waals surface area contributed by atoms with E-state index in [1.165, 1.54) is 30.3 Å². The van der Waals surface area contributed by atoms with Crippen LogP contribution in [0.1, 0.15) is 10.4 Å². The molecule has 0 heterocycles. The molecule has 0 aromatic heterocycles. The first kappa shape index (κ1) is 14.5. The highest BCUT2D eigenvalue weighted by molar-refractivity contribution is 7.99. The van der Waals surface area contributed by atoms with E-state index in [0.717, 1.165) is 12.1 Å². The summed E-state index contributed by atoms with van der Waals surface area (Å²) in [6.07, 6.45) is 0. The summed E-state index contributed by atoms with van der Waals surface area (Å²) in [5, 5.41) is 9.07. The van der Waals surface area contributed by atoms with Gasteiger partial charge in [-0.05, 0) is 41.5 Å². The Morgan fingerprint density at radius 2 is 1.75 bits per heavy atom. The highest BCUT2D eigenvalue weighted by Crippen LogP contribution is 2.30. The zero-order chi connectivity index (χ0) is 14.7. The van der Waals surface area contributed by atoms with Gasteiger partial charge in [-0.2, -0.15) is 8.78 Å². The highest BCUT2D eigenvalue weighted by Gasteiger charge is 2.13. The third kappa shape index (κ3) is 3.33. The van der Waals surface area contributed by atoms with E-state index >= 15 is 0 Å². The summed E-state index contributed by atoms with van der Waals surface area (Å²) in [6, 6.07) is 9.23. The van der Waals surface area contributed by atoms with Crippen molar-refractivity contribution in [2.75, 3.05) is 0 Å². The van der Waals surface area contributed by atoms with Crippen LogP contribution in [-0.4, -0.2) is 16.8 Å². The van der Waals surface area contributed by atoms with E-state index in [4.69, 9.17) is 5.11 Å². The maximum atomic E-state index is 13.3. The summed E-state index contributed by atoms with van der Waals surface area (Å²) in [4.78, 5) is 11.5. The van der Waals surface area contributed by atoms with Crippen LogP contribution in [0.25, 0.3) is 11.1 Å². The van der Waals surface area contributed by atoms with Gasteiger partial charge in [-0.25, -0.2) is 9.18 Å². The maximum Gasteiger partial charge on any atom is 0.336 e. The average Bonchev–Trinajstić information content (AvgIpc) is 2.38. The average molecular weight is 298 g/mol. The minimum Gasteiger partial charge on any atom is -0.478 e. The van der Waals surface area contributed by atoms with Crippen LogP contribution in [0.3, 0.4) is 0 Å². The lowest BCUT2D eigenvalue weighted by atomic mass is 10.00. The molecule has 2 aromatic rings. The highest BCUT2D eigenvalue weighted by atomic mass is 32.2. The molecule has 0 fully saturated rings. The van der Waals surface area contributed by atoms with Crippen LogP contribution in [0, 0.1) is 5.82 Å². The molecule has 0 spiro atoms. The Balaban J connectivity index is 2.41. The molecule has 2 nitrogen and oxygen atoms in total. The number of aromatic carboxylic acids is 1. The van der Waals surface area contributed by atoms with Crippen molar-refractivity contribution < 1.29 is 23.1 Å². The number of halogens is 3. The number of hydrogen-bond donors (Lipinski definition) is 1. The van der Waals surface area contributed by atoms with Crippen LogP contribution in [0.15, 0.2) is 47.4 Å². The van der Waals surface area contributed by atoms with Gasteiger partial charge in [0, 0.05) is 4.90 Å². The number of alkyl halides is 2. The van der Waals surface area contributed by atoms with Gasteiger partial charge in [0.15, 0.2) is 0 Å². The van der Waals surface area contributed by atoms with Crippen molar-refractivity contribution >= 4 is 17.7 Å². The summed E-state index contributed by atoms with van der Waals surface area (Å²) in [5.74, 6) is -4.26. The predicted octanol–water partition coefficient (Wildman–Crippen LogP) is 4.51. The summed E-state index contributed by atoms with van der Waals surface area (Å²) >= 11 is 0.392. The van der Waals surface area contributed by atoms with Gasteiger partial charge in [0.1, 0.15) is 5.82 Å². The molecule has 0 aliphatic heterocycles. The molecule has 6 heteroatoms. The smallest absolute Gasteiger partial charge is 0.336 e. The first-order valence-corrected chi connectivity index (χ1v) is 6.43. The van der Waals surface area contributed by atoms with Gasteiger partial charge in [0.25, 0.3) is 5.76 Å². The molecule has 0 aliphatic carbocycles. The fourth-order valence-electron chi connectivity index (χ4n) is 1.76. The second-order valence-electron chi connectivity index (χ2n) is 3.90. The quantitative estimate of drug-likeness (QED) is 0.844. The summed E-state index contributed by atoms with van der Waals surface area (Å²) in [7, 11) is 0. The van der Waals surface area contributed by atoms with E-state index in [0.29, 0.717) is 22.2 Å². The number of carbonyl (C=O) groups is 1. The summed E-state index contributed by atoms with van der Waals surface area (Å²) < 4.78 is 37.7. The molecule has 0 saturated carbocycles. The number of rotatable bonds is 4. The van der Waals surface area contributed by atoms with E-state index in [-0.39, 0.29) is 11.1 Å². The number of hydrogen-bond acceptors (Lipinski definition) is 2. The minimum absolute atomic E-state index is 0.0411. The van der Waals surface area contributed by atoms with Gasteiger partial charge in [-0.1, -0.05) is 23.9 Å². The van der Waals surface area contributed by atoms with E-state index in [1.807, 2.05) is 0 Å². The molecule has 0 saturated heterocycles. The number of carboxylic acid groups (broad SMARTS) is 1. The van der Waals surface area contributed by atoms with Crippen molar-refractivity contribution in [2.45, 2.75) is 10.7 Å². The van der Waals surface area contributed by atoms with Crippen LogP contribution < -0.4 is 0 Å². The Kier molecular flexibility index (Phi) is 4.34. The van der Waals surface area contributed by atoms with Gasteiger partial charge >= 0.3 is 5.97 Å². The Labute approximate surface area is 117 Å². The first-order chi connectivity index (χ1) is 9.47. The van der Waals surface area contributed by atoms with Gasteiger partial charge in [0.2, 0.25) is 0 Å². The largest absolute Gasteiger partial charge is 0.478 e. The first-order valence-electron chi connectivity index (χ1n) is 5.55. The zero-order valence-corrected chi connectivity index (χ0v) is 10.8. The van der Waals surface area contributed by atoms with Gasteiger partial charge in [0.05, 0.1) is 5.56 Å². The monoisotopic (exact) mass is 298 g/mol. The molecule has 2 aromatic carbocycles. The maximum absolute atomic E-state index is 13.3. The second-order valence-corrected chi connectivity index (χ2v) is 4.96. The molecular formula is C14H9F3O2S. The Morgan fingerprint density at radius 1 is 1.10 bits per heavy atom. The van der Waals surface area contributed by atoms with Gasteiger partial charge < -0.3 is 5.11 Å². The van der Waals surface area contributed by atoms with Crippen molar-refractivity contribution in [3.63, 3.8) is 0 Å². The zero-order valence-electron chi connectivity index (χ0n) is 10.0. The third-order valence-electron chi connectivity index (χ3n) is 2.60. The van der Waals surface area contributed by atoms with E-state index in [1.54, 1.807) is 0 Å². The Bertz CT molecular complexity index is 627. The predicted molar refractivity (Wildman–Crippen MR) is 70.7 cm³/mol. The van der Waals surface area contributed by atoms with E-state index < -0.39 is 17.5 Å². The molecule has 2 rings (SSSR count). The van der Waals surface area contributed by atoms with Crippen molar-refractivity contribution in [1.82, 2.24) is 0 Å². The lowest BCUT2D eigenvalue weighted by molar-refractivity contribution is 0.0697. The third-order valence-corrected chi connectivity index (χ3v) is 3.33. The van der Waals surface area contributed by atoms with Crippen molar-refractivity contribution in [1.29, 1.82) is 0 Å². The fraction of sp³-hybridized carbons (Fsp3) is 0.0714. The van der Waals surface area contributed by atoms with E-state index in [2.05, 4.69) is 0 Å². The molecule has 104 valence electrons. The molecule has 20 heavy (non-hydrogen) atoms. The molecular weight excluding hydrogens is 289 g/mol. The molecule has 0 atom stereocenters. The lowest BCUT2D eigenvalue weighted by Gasteiger charge is -2.07. The van der Waals surface area contributed by atoms with E-state index in [9.17, 15) is 18.0 Å². The molecule has 0 aliphatic rings. The Morgan fingerprint density at radius 3 is 2.30 bits per heavy atom. The standard InChI is InChI=1S/C14H9F3O2S/c15-9-3-6-11(13(18)19)12(7-9)8-1-4-10(5-2-8)20-14(16)17/h1-7,14H,(H,18,19).